The van der Waals surface area contributed by atoms with E-state index in [2.05, 4.69) is 74.6 Å². The molecule has 1 amide bonds. The maximum absolute atomic E-state index is 11.8. The van der Waals surface area contributed by atoms with Crippen LogP contribution in [0.2, 0.25) is 5.04 Å². The van der Waals surface area contributed by atoms with Crippen LogP contribution in [0.15, 0.2) is 60.7 Å². The van der Waals surface area contributed by atoms with Crippen molar-refractivity contribution in [2.45, 2.75) is 44.3 Å². The van der Waals surface area contributed by atoms with Crippen molar-refractivity contribution < 1.29 is 14.0 Å². The van der Waals surface area contributed by atoms with Gasteiger partial charge in [-0.05, 0) is 28.3 Å². The lowest BCUT2D eigenvalue weighted by molar-refractivity contribution is 0.0468. The molecular formula is C22H29NO3Si. The molecule has 1 aliphatic carbocycles. The number of carbonyl (C=O) groups is 1. The van der Waals surface area contributed by atoms with Gasteiger partial charge in [0.05, 0.1) is 6.61 Å². The summed E-state index contributed by atoms with van der Waals surface area (Å²) in [6, 6.07) is 21.0. The minimum atomic E-state index is -2.59. The number of nitrogens with one attached hydrogen (secondary N) is 1. The molecule has 1 aliphatic rings. The molecule has 0 atom stereocenters. The molecule has 0 radical (unpaired) electrons. The summed E-state index contributed by atoms with van der Waals surface area (Å²) < 4.78 is 12.5. The van der Waals surface area contributed by atoms with E-state index in [-0.39, 0.29) is 5.04 Å². The summed E-state index contributed by atoms with van der Waals surface area (Å²) in [6.45, 7) is 7.17. The second-order valence-electron chi connectivity index (χ2n) is 8.27. The highest BCUT2D eigenvalue weighted by Gasteiger charge is 2.54. The zero-order valence-electron chi connectivity index (χ0n) is 16.6. The summed E-state index contributed by atoms with van der Waals surface area (Å²) in [7, 11) is -1.01. The van der Waals surface area contributed by atoms with Crippen LogP contribution in [0.1, 0.15) is 33.6 Å². The fourth-order valence-corrected chi connectivity index (χ4v) is 8.30. The van der Waals surface area contributed by atoms with E-state index in [0.29, 0.717) is 6.61 Å². The molecule has 2 aromatic carbocycles. The maximum atomic E-state index is 11.8. The van der Waals surface area contributed by atoms with Crippen LogP contribution in [0, 0.1) is 0 Å². The summed E-state index contributed by atoms with van der Waals surface area (Å²) >= 11 is 0. The third kappa shape index (κ3) is 3.94. The van der Waals surface area contributed by atoms with Gasteiger partial charge >= 0.3 is 6.09 Å². The van der Waals surface area contributed by atoms with Gasteiger partial charge in [-0.3, -0.25) is 0 Å². The van der Waals surface area contributed by atoms with Crippen molar-refractivity contribution >= 4 is 24.8 Å². The highest BCUT2D eigenvalue weighted by molar-refractivity contribution is 6.99. The molecule has 1 N–H and O–H groups in total. The van der Waals surface area contributed by atoms with E-state index in [1.165, 1.54) is 10.4 Å². The Morgan fingerprint density at radius 3 is 1.85 bits per heavy atom. The molecule has 0 saturated heterocycles. The van der Waals surface area contributed by atoms with Crippen molar-refractivity contribution in [1.29, 1.82) is 0 Å². The van der Waals surface area contributed by atoms with E-state index in [4.69, 9.17) is 9.16 Å². The van der Waals surface area contributed by atoms with E-state index in [0.717, 1.165) is 12.8 Å². The Morgan fingerprint density at radius 1 is 1.00 bits per heavy atom. The fourth-order valence-electron chi connectivity index (χ4n) is 3.66. The SMILES string of the molecule is CNC(=O)OC1(CO[Si](c2ccccc2)(c2ccccc2)C(C)(C)C)CC1. The average Bonchev–Trinajstić information content (AvgIpc) is 3.42. The first-order chi connectivity index (χ1) is 12.8. The van der Waals surface area contributed by atoms with E-state index < -0.39 is 20.0 Å². The van der Waals surface area contributed by atoms with Gasteiger partial charge in [0.2, 0.25) is 0 Å². The Bertz CT molecular complexity index is 728. The molecule has 1 fully saturated rings. The average molecular weight is 384 g/mol. The summed E-state index contributed by atoms with van der Waals surface area (Å²) in [5.41, 5.74) is -0.493. The Hall–Kier alpha value is -2.11. The molecule has 0 bridgehead atoms. The number of carbonyl (C=O) groups excluding carboxylic acids is 1. The van der Waals surface area contributed by atoms with Crippen LogP contribution in [0.25, 0.3) is 0 Å². The van der Waals surface area contributed by atoms with Gasteiger partial charge in [-0.1, -0.05) is 81.4 Å². The van der Waals surface area contributed by atoms with Crippen LogP contribution >= 0.6 is 0 Å². The van der Waals surface area contributed by atoms with E-state index in [9.17, 15) is 4.79 Å². The molecule has 0 spiro atoms. The molecule has 0 aromatic heterocycles. The molecule has 27 heavy (non-hydrogen) atoms. The molecule has 0 unspecified atom stereocenters. The Balaban J connectivity index is 2.01. The predicted octanol–water partition coefficient (Wildman–Crippen LogP) is 3.45. The summed E-state index contributed by atoms with van der Waals surface area (Å²) in [4.78, 5) is 11.8. The van der Waals surface area contributed by atoms with Crippen molar-refractivity contribution in [3.8, 4) is 0 Å². The quantitative estimate of drug-likeness (QED) is 0.777. The third-order valence-electron chi connectivity index (χ3n) is 5.29. The van der Waals surface area contributed by atoms with Crippen LogP contribution in [0.3, 0.4) is 0 Å². The molecule has 3 rings (SSSR count). The first-order valence-electron chi connectivity index (χ1n) is 9.49. The van der Waals surface area contributed by atoms with Gasteiger partial charge in [-0.25, -0.2) is 4.79 Å². The van der Waals surface area contributed by atoms with Gasteiger partial charge in [0, 0.05) is 7.05 Å². The number of hydrogen-bond donors (Lipinski definition) is 1. The lowest BCUT2D eigenvalue weighted by Gasteiger charge is -2.43. The van der Waals surface area contributed by atoms with Crippen molar-refractivity contribution in [2.75, 3.05) is 13.7 Å². The monoisotopic (exact) mass is 383 g/mol. The first kappa shape index (κ1) is 19.6. The van der Waals surface area contributed by atoms with Gasteiger partial charge in [0.15, 0.2) is 0 Å². The number of amides is 1. The highest BCUT2D eigenvalue weighted by Crippen LogP contribution is 2.43. The Kier molecular flexibility index (Phi) is 5.45. The van der Waals surface area contributed by atoms with Gasteiger partial charge in [0.25, 0.3) is 8.32 Å². The Morgan fingerprint density at radius 2 is 1.48 bits per heavy atom. The van der Waals surface area contributed by atoms with Gasteiger partial charge in [0.1, 0.15) is 5.60 Å². The molecule has 2 aromatic rings. The number of hydrogen-bond acceptors (Lipinski definition) is 3. The molecule has 4 nitrogen and oxygen atoms in total. The third-order valence-corrected chi connectivity index (χ3v) is 10.3. The van der Waals surface area contributed by atoms with Crippen LogP contribution in [-0.4, -0.2) is 33.7 Å². The standard InChI is InChI=1S/C22H29NO3Si/c1-21(2,3)27(18-11-7-5-8-12-18,19-13-9-6-10-14-19)25-17-22(15-16-22)26-20(24)23-4/h5-14H,15-17H2,1-4H3,(H,23,24). The Labute approximate surface area is 163 Å². The number of alkyl carbamates (subject to hydrolysis) is 1. The van der Waals surface area contributed by atoms with E-state index >= 15 is 0 Å². The molecular weight excluding hydrogens is 354 g/mol. The maximum Gasteiger partial charge on any atom is 0.407 e. The molecule has 5 heteroatoms. The van der Waals surface area contributed by atoms with Crippen LogP contribution in [0.4, 0.5) is 4.79 Å². The van der Waals surface area contributed by atoms with Crippen molar-refractivity contribution in [1.82, 2.24) is 5.32 Å². The van der Waals surface area contributed by atoms with Crippen LogP contribution < -0.4 is 15.7 Å². The topological polar surface area (TPSA) is 47.6 Å². The van der Waals surface area contributed by atoms with Gasteiger partial charge < -0.3 is 14.5 Å². The highest BCUT2D eigenvalue weighted by atomic mass is 28.4. The molecule has 144 valence electrons. The summed E-state index contributed by atoms with van der Waals surface area (Å²) in [6.07, 6.45) is 1.30. The molecule has 0 aliphatic heterocycles. The zero-order valence-corrected chi connectivity index (χ0v) is 17.6. The smallest absolute Gasteiger partial charge is 0.407 e. The normalized spacial score (nSPS) is 15.9. The van der Waals surface area contributed by atoms with Gasteiger partial charge in [-0.2, -0.15) is 0 Å². The van der Waals surface area contributed by atoms with E-state index in [1.54, 1.807) is 7.05 Å². The van der Waals surface area contributed by atoms with Gasteiger partial charge in [-0.15, -0.1) is 0 Å². The largest absolute Gasteiger partial charge is 0.441 e. The number of rotatable bonds is 6. The fraction of sp³-hybridized carbons (Fsp3) is 0.409. The predicted molar refractivity (Wildman–Crippen MR) is 111 cm³/mol. The van der Waals surface area contributed by atoms with Crippen molar-refractivity contribution in [3.63, 3.8) is 0 Å². The van der Waals surface area contributed by atoms with Crippen molar-refractivity contribution in [2.24, 2.45) is 0 Å². The second-order valence-corrected chi connectivity index (χ2v) is 12.6. The lowest BCUT2D eigenvalue weighted by Crippen LogP contribution is -2.67. The van der Waals surface area contributed by atoms with Crippen LogP contribution in [0.5, 0.6) is 0 Å². The zero-order chi connectivity index (χ0) is 19.5. The van der Waals surface area contributed by atoms with Crippen LogP contribution in [-0.2, 0) is 9.16 Å². The minimum Gasteiger partial charge on any atom is -0.441 e. The lowest BCUT2D eigenvalue weighted by atomic mass is 10.2. The van der Waals surface area contributed by atoms with E-state index in [1.807, 2.05) is 12.1 Å². The molecule has 1 saturated carbocycles. The minimum absolute atomic E-state index is 0.0845. The molecule has 0 heterocycles. The summed E-state index contributed by atoms with van der Waals surface area (Å²) in [5, 5.41) is 4.93. The summed E-state index contributed by atoms with van der Waals surface area (Å²) in [5.74, 6) is 0. The number of ether oxygens (including phenoxy) is 1. The first-order valence-corrected chi connectivity index (χ1v) is 11.4. The second kappa shape index (κ2) is 7.48. The number of benzene rings is 2. The van der Waals surface area contributed by atoms with Crippen molar-refractivity contribution in [3.05, 3.63) is 60.7 Å².